The third-order valence-electron chi connectivity index (χ3n) is 4.56. The zero-order valence-corrected chi connectivity index (χ0v) is 18.7. The van der Waals surface area contributed by atoms with Crippen LogP contribution in [-0.2, 0) is 20.2 Å². The lowest BCUT2D eigenvalue weighted by atomic mass is 10.1. The van der Waals surface area contributed by atoms with E-state index in [9.17, 15) is 22.2 Å². The van der Waals surface area contributed by atoms with Crippen molar-refractivity contribution in [3.63, 3.8) is 0 Å². The van der Waals surface area contributed by atoms with Crippen molar-refractivity contribution in [3.8, 4) is 11.5 Å². The second-order valence-corrected chi connectivity index (χ2v) is 8.12. The van der Waals surface area contributed by atoms with Gasteiger partial charge in [-0.1, -0.05) is 20.8 Å². The maximum absolute atomic E-state index is 12.4. The minimum absolute atomic E-state index is 0.194. The second-order valence-electron chi connectivity index (χ2n) is 6.60. The summed E-state index contributed by atoms with van der Waals surface area (Å²) >= 11 is -2.00. The van der Waals surface area contributed by atoms with Gasteiger partial charge in [-0.15, -0.1) is 13.2 Å². The number of halogens is 3. The molecular formula is C19H29F3N2O6S. The number of hydroxylamine groups is 3. The number of rotatable bonds is 8. The fourth-order valence-electron chi connectivity index (χ4n) is 2.59. The molecule has 31 heavy (non-hydrogen) atoms. The molecule has 1 aliphatic heterocycles. The molecule has 0 radical (unpaired) electrons. The van der Waals surface area contributed by atoms with Crippen LogP contribution in [-0.4, -0.2) is 50.7 Å². The predicted octanol–water partition coefficient (Wildman–Crippen LogP) is 3.72. The van der Waals surface area contributed by atoms with Gasteiger partial charge in [-0.25, -0.2) is 9.69 Å². The summed E-state index contributed by atoms with van der Waals surface area (Å²) in [5.74, 6) is -0.725. The Labute approximate surface area is 182 Å². The smallest absolute Gasteiger partial charge is 0.490 e. The Kier molecular flexibility index (Phi) is 10.7. The van der Waals surface area contributed by atoms with Gasteiger partial charge in [0, 0.05) is 13.1 Å². The Morgan fingerprint density at radius 1 is 1.19 bits per heavy atom. The molecule has 8 nitrogen and oxygen atoms in total. The molecule has 178 valence electrons. The first kappa shape index (κ1) is 27.1. The van der Waals surface area contributed by atoms with Gasteiger partial charge in [0.1, 0.15) is 17.6 Å². The molecule has 1 aromatic rings. The summed E-state index contributed by atoms with van der Waals surface area (Å²) in [6.07, 6.45) is -3.71. The minimum Gasteiger partial charge on any atom is -0.490 e. The second kappa shape index (κ2) is 12.2. The van der Waals surface area contributed by atoms with Crippen molar-refractivity contribution in [3.05, 3.63) is 24.3 Å². The van der Waals surface area contributed by atoms with Crippen molar-refractivity contribution >= 4 is 17.0 Å². The van der Waals surface area contributed by atoms with Crippen LogP contribution in [0.1, 0.15) is 47.0 Å². The summed E-state index contributed by atoms with van der Waals surface area (Å²) in [4.78, 5) is 11.8. The molecule has 0 aromatic heterocycles. The van der Waals surface area contributed by atoms with E-state index in [4.69, 9.17) is 14.2 Å². The van der Waals surface area contributed by atoms with E-state index in [-0.39, 0.29) is 18.3 Å². The number of alkyl halides is 3. The maximum Gasteiger partial charge on any atom is 0.573 e. The number of hydrogen-bond donors (Lipinski definition) is 2. The van der Waals surface area contributed by atoms with Crippen LogP contribution in [0.5, 0.6) is 11.5 Å². The lowest BCUT2D eigenvalue weighted by molar-refractivity contribution is -0.274. The van der Waals surface area contributed by atoms with E-state index < -0.39 is 28.1 Å². The van der Waals surface area contributed by atoms with Crippen LogP contribution in [0.4, 0.5) is 13.2 Å². The third kappa shape index (κ3) is 8.28. The van der Waals surface area contributed by atoms with E-state index in [0.29, 0.717) is 31.7 Å². The number of amides is 1. The maximum atomic E-state index is 12.4. The summed E-state index contributed by atoms with van der Waals surface area (Å²) in [6, 6.07) is 5.11. The van der Waals surface area contributed by atoms with Gasteiger partial charge in [0.05, 0.1) is 0 Å². The fraction of sp³-hybridized carbons (Fsp3) is 0.632. The standard InChI is InChI=1S/C17H23F3N2O6S.C2H6/c1-3-16(2,15(23)21-24)29(25)28-22-10-8-13(9-11-22)26-12-4-6-14(7-5-12)27-17(18,19)20;1-2/h4-7,13,24H,3,8-11H2,1-2H3,(H,21,23);1-2H3. The molecule has 0 spiro atoms. The molecule has 12 heteroatoms. The fourth-order valence-corrected chi connectivity index (χ4v) is 3.52. The van der Waals surface area contributed by atoms with Crippen LogP contribution in [0.15, 0.2) is 24.3 Å². The highest BCUT2D eigenvalue weighted by atomic mass is 32.2. The zero-order chi connectivity index (χ0) is 23.7. The van der Waals surface area contributed by atoms with E-state index in [2.05, 4.69) is 4.74 Å². The number of ether oxygens (including phenoxy) is 2. The van der Waals surface area contributed by atoms with Gasteiger partial charge in [-0.3, -0.25) is 10.0 Å². The molecular weight excluding hydrogens is 441 g/mol. The van der Waals surface area contributed by atoms with Crippen molar-refractivity contribution in [1.29, 1.82) is 0 Å². The van der Waals surface area contributed by atoms with Gasteiger partial charge < -0.3 is 9.47 Å². The summed E-state index contributed by atoms with van der Waals surface area (Å²) in [6.45, 7) is 7.84. The van der Waals surface area contributed by atoms with Crippen molar-refractivity contribution in [2.45, 2.75) is 64.2 Å². The minimum atomic E-state index is -4.75. The largest absolute Gasteiger partial charge is 0.573 e. The Morgan fingerprint density at radius 2 is 1.71 bits per heavy atom. The number of benzene rings is 1. The molecule has 1 heterocycles. The number of nitrogens with zero attached hydrogens (tertiary/aromatic N) is 1. The summed E-state index contributed by atoms with van der Waals surface area (Å²) in [5, 5.41) is 10.3. The van der Waals surface area contributed by atoms with Gasteiger partial charge >= 0.3 is 6.36 Å². The van der Waals surface area contributed by atoms with Gasteiger partial charge in [-0.2, -0.15) is 9.35 Å². The van der Waals surface area contributed by atoms with E-state index in [1.54, 1.807) is 6.92 Å². The average Bonchev–Trinajstić information content (AvgIpc) is 2.75. The lowest BCUT2D eigenvalue weighted by Gasteiger charge is -2.33. The van der Waals surface area contributed by atoms with Gasteiger partial charge in [0.25, 0.3) is 5.91 Å². The molecule has 0 bridgehead atoms. The molecule has 2 atom stereocenters. The molecule has 0 saturated carbocycles. The quantitative estimate of drug-likeness (QED) is 0.441. The van der Waals surface area contributed by atoms with Gasteiger partial charge in [-0.05, 0) is 50.5 Å². The number of piperidine rings is 1. The molecule has 1 aromatic carbocycles. The number of hydrogen-bond acceptors (Lipinski definition) is 7. The molecule has 1 aliphatic rings. The Hall–Kier alpha value is -1.89. The Balaban J connectivity index is 0.00000233. The average molecular weight is 471 g/mol. The van der Waals surface area contributed by atoms with E-state index in [0.717, 1.165) is 0 Å². The van der Waals surface area contributed by atoms with E-state index >= 15 is 0 Å². The predicted molar refractivity (Wildman–Crippen MR) is 108 cm³/mol. The summed E-state index contributed by atoms with van der Waals surface area (Å²) < 4.78 is 62.5. The molecule has 1 amide bonds. The zero-order valence-electron chi connectivity index (χ0n) is 17.9. The molecule has 2 N–H and O–H groups in total. The van der Waals surface area contributed by atoms with Crippen LogP contribution < -0.4 is 15.0 Å². The van der Waals surface area contributed by atoms with E-state index in [1.807, 2.05) is 13.8 Å². The van der Waals surface area contributed by atoms with Crippen molar-refractivity contribution in [2.75, 3.05) is 13.1 Å². The van der Waals surface area contributed by atoms with Gasteiger partial charge in [0.15, 0.2) is 15.8 Å². The topological polar surface area (TPSA) is 97.3 Å². The molecule has 2 rings (SSSR count). The highest BCUT2D eigenvalue weighted by molar-refractivity contribution is 7.82. The van der Waals surface area contributed by atoms with Crippen LogP contribution >= 0.6 is 0 Å². The molecule has 1 fully saturated rings. The third-order valence-corrected chi connectivity index (χ3v) is 6.11. The highest BCUT2D eigenvalue weighted by Crippen LogP contribution is 2.27. The molecule has 1 saturated heterocycles. The summed E-state index contributed by atoms with van der Waals surface area (Å²) in [7, 11) is 0. The SMILES string of the molecule is CC.CCC(C)(C(=O)NO)S(=O)ON1CCC(Oc2ccc(OC(F)(F)F)cc2)CC1. The molecule has 0 aliphatic carbocycles. The number of nitrogens with one attached hydrogen (secondary N) is 1. The Morgan fingerprint density at radius 3 is 2.16 bits per heavy atom. The van der Waals surface area contributed by atoms with Crippen molar-refractivity contribution in [2.24, 2.45) is 0 Å². The first-order chi connectivity index (χ1) is 14.6. The van der Waals surface area contributed by atoms with Gasteiger partial charge in [0.2, 0.25) is 0 Å². The van der Waals surface area contributed by atoms with Crippen LogP contribution in [0.2, 0.25) is 0 Å². The van der Waals surface area contributed by atoms with Crippen LogP contribution in [0.25, 0.3) is 0 Å². The van der Waals surface area contributed by atoms with Crippen molar-refractivity contribution in [1.82, 2.24) is 10.5 Å². The lowest BCUT2D eigenvalue weighted by Crippen LogP contribution is -2.49. The summed E-state index contributed by atoms with van der Waals surface area (Å²) in [5.41, 5.74) is 1.50. The number of carbonyl (C=O) groups is 1. The van der Waals surface area contributed by atoms with Crippen LogP contribution in [0.3, 0.4) is 0 Å². The Bertz CT molecular complexity index is 712. The van der Waals surface area contributed by atoms with E-state index in [1.165, 1.54) is 41.7 Å². The first-order valence-electron chi connectivity index (χ1n) is 9.89. The normalized spacial score (nSPS) is 18.2. The highest BCUT2D eigenvalue weighted by Gasteiger charge is 2.41. The first-order valence-corrected chi connectivity index (χ1v) is 11.0. The number of carbonyl (C=O) groups excluding carboxylic acids is 1. The van der Waals surface area contributed by atoms with Crippen molar-refractivity contribution < 1.29 is 41.1 Å². The monoisotopic (exact) mass is 470 g/mol. The van der Waals surface area contributed by atoms with Crippen LogP contribution in [0, 0.1) is 0 Å². The molecule has 2 unspecified atom stereocenters.